The molecule has 0 aliphatic carbocycles. The van der Waals surface area contributed by atoms with Crippen LogP contribution in [0.5, 0.6) is 0 Å². The maximum Gasteiger partial charge on any atom is 0.248 e. The van der Waals surface area contributed by atoms with E-state index in [0.717, 1.165) is 3.77 Å². The van der Waals surface area contributed by atoms with Crippen LogP contribution in [0.4, 0.5) is 10.1 Å². The average molecular weight is 371 g/mol. The maximum atomic E-state index is 12.9. The molecule has 0 aliphatic heterocycles. The van der Waals surface area contributed by atoms with Gasteiger partial charge in [-0.2, -0.15) is 0 Å². The number of rotatable bonds is 3. The number of carbonyl (C=O) groups excluding carboxylic acids is 1. The van der Waals surface area contributed by atoms with E-state index in [9.17, 15) is 9.18 Å². The summed E-state index contributed by atoms with van der Waals surface area (Å²) < 4.78 is 19.0. The Morgan fingerprint density at radius 1 is 1.37 bits per heavy atom. The van der Waals surface area contributed by atoms with Crippen molar-refractivity contribution in [2.75, 3.05) is 5.32 Å². The highest BCUT2D eigenvalue weighted by Gasteiger charge is 2.03. The van der Waals surface area contributed by atoms with E-state index in [-0.39, 0.29) is 11.7 Å². The summed E-state index contributed by atoms with van der Waals surface area (Å²) in [6.07, 6.45) is 2.95. The number of amides is 1. The molecule has 2 aromatic rings. The maximum absolute atomic E-state index is 12.9. The van der Waals surface area contributed by atoms with E-state index in [4.69, 9.17) is 4.42 Å². The summed E-state index contributed by atoms with van der Waals surface area (Å²) >= 11 is 2.05. The third kappa shape index (κ3) is 3.92. The molecule has 1 amide bonds. The Labute approximate surface area is 123 Å². The molecular weight excluding hydrogens is 360 g/mol. The number of aryl methyl sites for hydroxylation is 1. The van der Waals surface area contributed by atoms with Crippen LogP contribution in [0, 0.1) is 16.5 Å². The predicted octanol–water partition coefficient (Wildman–Crippen LogP) is 3.98. The van der Waals surface area contributed by atoms with Crippen molar-refractivity contribution in [2.24, 2.45) is 0 Å². The third-order valence-corrected chi connectivity index (χ3v) is 3.02. The lowest BCUT2D eigenvalue weighted by atomic mass is 10.2. The summed E-state index contributed by atoms with van der Waals surface area (Å²) in [5, 5.41) is 2.68. The van der Waals surface area contributed by atoms with Gasteiger partial charge in [0.2, 0.25) is 5.91 Å². The van der Waals surface area contributed by atoms with Crippen LogP contribution in [-0.4, -0.2) is 5.91 Å². The SMILES string of the molecule is Cc1cc(F)ccc1NC(=O)/C=C/c1ccc(I)o1. The first-order chi connectivity index (χ1) is 9.04. The number of nitrogens with one attached hydrogen (secondary N) is 1. The lowest BCUT2D eigenvalue weighted by Gasteiger charge is -2.05. The first-order valence-electron chi connectivity index (χ1n) is 5.55. The summed E-state index contributed by atoms with van der Waals surface area (Å²) in [4.78, 5) is 11.7. The summed E-state index contributed by atoms with van der Waals surface area (Å²) in [6, 6.07) is 7.79. The molecule has 1 heterocycles. The second-order valence-electron chi connectivity index (χ2n) is 3.92. The second-order valence-corrected chi connectivity index (χ2v) is 4.99. The van der Waals surface area contributed by atoms with Gasteiger partial charge in [0.15, 0.2) is 3.77 Å². The minimum absolute atomic E-state index is 0.291. The van der Waals surface area contributed by atoms with Crippen molar-refractivity contribution in [2.45, 2.75) is 6.92 Å². The van der Waals surface area contributed by atoms with Gasteiger partial charge in [0.1, 0.15) is 11.6 Å². The van der Waals surface area contributed by atoms with Crippen molar-refractivity contribution in [3.8, 4) is 0 Å². The highest BCUT2D eigenvalue weighted by Crippen LogP contribution is 2.16. The van der Waals surface area contributed by atoms with Crippen LogP contribution in [0.15, 0.2) is 40.8 Å². The number of hydrogen-bond donors (Lipinski definition) is 1. The third-order valence-electron chi connectivity index (χ3n) is 2.44. The van der Waals surface area contributed by atoms with Crippen molar-refractivity contribution < 1.29 is 13.6 Å². The molecule has 0 radical (unpaired) electrons. The van der Waals surface area contributed by atoms with Gasteiger partial charge in [-0.15, -0.1) is 0 Å². The Morgan fingerprint density at radius 3 is 2.79 bits per heavy atom. The first-order valence-corrected chi connectivity index (χ1v) is 6.63. The van der Waals surface area contributed by atoms with Crippen LogP contribution in [0.3, 0.4) is 0 Å². The quantitative estimate of drug-likeness (QED) is 0.655. The molecule has 1 aromatic heterocycles. The van der Waals surface area contributed by atoms with E-state index in [0.29, 0.717) is 17.0 Å². The van der Waals surface area contributed by atoms with Gasteiger partial charge in [0, 0.05) is 11.8 Å². The molecule has 98 valence electrons. The molecule has 0 aliphatic rings. The van der Waals surface area contributed by atoms with E-state index in [1.54, 1.807) is 19.1 Å². The highest BCUT2D eigenvalue weighted by molar-refractivity contribution is 14.1. The number of furan rings is 1. The van der Waals surface area contributed by atoms with E-state index in [1.165, 1.54) is 24.3 Å². The molecule has 0 unspecified atom stereocenters. The Morgan fingerprint density at radius 2 is 2.16 bits per heavy atom. The molecule has 3 nitrogen and oxygen atoms in total. The van der Waals surface area contributed by atoms with E-state index in [1.807, 2.05) is 28.7 Å². The van der Waals surface area contributed by atoms with E-state index < -0.39 is 0 Å². The number of hydrogen-bond acceptors (Lipinski definition) is 2. The van der Waals surface area contributed by atoms with Crippen molar-refractivity contribution >= 4 is 40.3 Å². The van der Waals surface area contributed by atoms with Crippen molar-refractivity contribution in [1.29, 1.82) is 0 Å². The smallest absolute Gasteiger partial charge is 0.248 e. The number of carbonyl (C=O) groups is 1. The van der Waals surface area contributed by atoms with Gasteiger partial charge in [-0.3, -0.25) is 4.79 Å². The zero-order chi connectivity index (χ0) is 13.8. The van der Waals surface area contributed by atoms with Gasteiger partial charge >= 0.3 is 0 Å². The van der Waals surface area contributed by atoms with Gasteiger partial charge in [0.05, 0.1) is 0 Å². The van der Waals surface area contributed by atoms with Gasteiger partial charge in [-0.05, 0) is 71.5 Å². The normalized spacial score (nSPS) is 10.9. The molecule has 0 spiro atoms. The number of benzene rings is 1. The van der Waals surface area contributed by atoms with Crippen molar-refractivity contribution in [1.82, 2.24) is 0 Å². The number of anilines is 1. The highest BCUT2D eigenvalue weighted by atomic mass is 127. The molecular formula is C14H11FINO2. The lowest BCUT2D eigenvalue weighted by Crippen LogP contribution is -2.08. The summed E-state index contributed by atoms with van der Waals surface area (Å²) in [7, 11) is 0. The fraction of sp³-hybridized carbons (Fsp3) is 0.0714. The van der Waals surface area contributed by atoms with Gasteiger partial charge in [-0.25, -0.2) is 4.39 Å². The molecule has 2 rings (SSSR count). The van der Waals surface area contributed by atoms with Gasteiger partial charge in [-0.1, -0.05) is 0 Å². The molecule has 1 aromatic carbocycles. The zero-order valence-corrected chi connectivity index (χ0v) is 12.3. The summed E-state index contributed by atoms with van der Waals surface area (Å²) in [5.74, 6) is -0.00676. The zero-order valence-electron chi connectivity index (χ0n) is 10.1. The summed E-state index contributed by atoms with van der Waals surface area (Å²) in [6.45, 7) is 1.73. The molecule has 0 saturated heterocycles. The monoisotopic (exact) mass is 371 g/mol. The molecule has 0 fully saturated rings. The lowest BCUT2D eigenvalue weighted by molar-refractivity contribution is -0.111. The van der Waals surface area contributed by atoms with Crippen LogP contribution < -0.4 is 5.32 Å². The Balaban J connectivity index is 2.03. The minimum atomic E-state index is -0.323. The molecule has 0 saturated carbocycles. The van der Waals surface area contributed by atoms with Crippen molar-refractivity contribution in [3.63, 3.8) is 0 Å². The minimum Gasteiger partial charge on any atom is -0.451 e. The Bertz CT molecular complexity index is 634. The largest absolute Gasteiger partial charge is 0.451 e. The first kappa shape index (κ1) is 13.8. The fourth-order valence-electron chi connectivity index (χ4n) is 1.52. The Kier molecular flexibility index (Phi) is 4.36. The fourth-order valence-corrected chi connectivity index (χ4v) is 1.95. The molecule has 19 heavy (non-hydrogen) atoms. The van der Waals surface area contributed by atoms with E-state index >= 15 is 0 Å². The van der Waals surface area contributed by atoms with Crippen LogP contribution >= 0.6 is 22.6 Å². The standard InChI is InChI=1S/C14H11FINO2/c1-9-8-10(15)2-5-12(9)17-14(18)7-4-11-3-6-13(16)19-11/h2-8H,1H3,(H,17,18)/b7-4+. The second kappa shape index (κ2) is 6.01. The van der Waals surface area contributed by atoms with Gasteiger partial charge < -0.3 is 9.73 Å². The number of halogens is 2. The average Bonchev–Trinajstić information content (AvgIpc) is 2.76. The molecule has 5 heteroatoms. The van der Waals surface area contributed by atoms with Crippen LogP contribution in [0.2, 0.25) is 0 Å². The molecule has 1 N–H and O–H groups in total. The Hall–Kier alpha value is -1.63. The van der Waals surface area contributed by atoms with Crippen molar-refractivity contribution in [3.05, 3.63) is 57.3 Å². The predicted molar refractivity (Wildman–Crippen MR) is 80.2 cm³/mol. The molecule has 0 atom stereocenters. The van der Waals surface area contributed by atoms with Gasteiger partial charge in [0.25, 0.3) is 0 Å². The summed E-state index contributed by atoms with van der Waals surface area (Å²) in [5.41, 5.74) is 1.26. The van der Waals surface area contributed by atoms with E-state index in [2.05, 4.69) is 5.32 Å². The topological polar surface area (TPSA) is 42.2 Å². The van der Waals surface area contributed by atoms with Crippen LogP contribution in [-0.2, 0) is 4.79 Å². The molecule has 0 bridgehead atoms. The van der Waals surface area contributed by atoms with Crippen LogP contribution in [0.25, 0.3) is 6.08 Å². The van der Waals surface area contributed by atoms with Crippen LogP contribution in [0.1, 0.15) is 11.3 Å².